The van der Waals surface area contributed by atoms with Gasteiger partial charge in [0.05, 0.1) is 10.6 Å². The summed E-state index contributed by atoms with van der Waals surface area (Å²) >= 11 is 12.1. The van der Waals surface area contributed by atoms with E-state index in [1.165, 1.54) is 6.07 Å². The molecular formula is C23H21Cl2N3O3. The molecule has 0 bridgehead atoms. The monoisotopic (exact) mass is 457 g/mol. The van der Waals surface area contributed by atoms with Gasteiger partial charge in [0.1, 0.15) is 0 Å². The molecule has 0 aliphatic rings. The van der Waals surface area contributed by atoms with E-state index in [4.69, 9.17) is 28.4 Å². The molecule has 31 heavy (non-hydrogen) atoms. The van der Waals surface area contributed by atoms with E-state index in [0.29, 0.717) is 28.4 Å². The Kier molecular flexibility index (Phi) is 7.30. The zero-order valence-corrected chi connectivity index (χ0v) is 18.5. The quantitative estimate of drug-likeness (QED) is 0.355. The Morgan fingerprint density at radius 2 is 1.61 bits per heavy atom. The molecule has 0 unspecified atom stereocenters. The second-order valence-corrected chi connectivity index (χ2v) is 8.10. The highest BCUT2D eigenvalue weighted by atomic mass is 35.5. The Hall–Kier alpha value is -2.90. The van der Waals surface area contributed by atoms with Crippen molar-refractivity contribution in [1.82, 2.24) is 10.4 Å². The van der Waals surface area contributed by atoms with Gasteiger partial charge in [-0.3, -0.25) is 14.8 Å². The Morgan fingerprint density at radius 1 is 0.903 bits per heavy atom. The van der Waals surface area contributed by atoms with Crippen molar-refractivity contribution in [2.75, 3.05) is 19.4 Å². The van der Waals surface area contributed by atoms with Crippen LogP contribution in [0.2, 0.25) is 10.0 Å². The number of benzene rings is 3. The highest BCUT2D eigenvalue weighted by molar-refractivity contribution is 6.37. The first-order chi connectivity index (χ1) is 14.8. The van der Waals surface area contributed by atoms with Crippen molar-refractivity contribution in [3.05, 3.63) is 87.4 Å². The summed E-state index contributed by atoms with van der Waals surface area (Å²) in [6.07, 6.45) is 0. The van der Waals surface area contributed by atoms with E-state index in [9.17, 15) is 9.59 Å². The number of amides is 2. The van der Waals surface area contributed by atoms with E-state index in [-0.39, 0.29) is 10.9 Å². The Balaban J connectivity index is 1.95. The Labute approximate surface area is 190 Å². The summed E-state index contributed by atoms with van der Waals surface area (Å²) in [5.41, 5.74) is 5.61. The molecule has 0 radical (unpaired) electrons. The molecule has 0 atom stereocenters. The number of rotatable bonds is 6. The molecule has 0 fully saturated rings. The van der Waals surface area contributed by atoms with E-state index in [1.807, 2.05) is 37.2 Å². The second kappa shape index (κ2) is 9.94. The Morgan fingerprint density at radius 3 is 2.23 bits per heavy atom. The largest absolute Gasteiger partial charge is 0.322 e. The van der Waals surface area contributed by atoms with Gasteiger partial charge < -0.3 is 10.2 Å². The van der Waals surface area contributed by atoms with Crippen LogP contribution in [0.25, 0.3) is 11.1 Å². The number of carbonyl (C=O) groups excluding carboxylic acids is 2. The molecule has 0 saturated heterocycles. The molecule has 160 valence electrons. The fraction of sp³-hybridized carbons (Fsp3) is 0.130. The first-order valence-electron chi connectivity index (χ1n) is 9.37. The fourth-order valence-corrected chi connectivity index (χ4v) is 3.63. The summed E-state index contributed by atoms with van der Waals surface area (Å²) in [5, 5.41) is 12.4. The van der Waals surface area contributed by atoms with Crippen molar-refractivity contribution >= 4 is 40.7 Å². The highest BCUT2D eigenvalue weighted by Crippen LogP contribution is 2.27. The number of hydroxylamine groups is 1. The second-order valence-electron chi connectivity index (χ2n) is 7.25. The highest BCUT2D eigenvalue weighted by Gasteiger charge is 2.13. The van der Waals surface area contributed by atoms with Gasteiger partial charge in [-0.1, -0.05) is 35.3 Å². The van der Waals surface area contributed by atoms with Crippen molar-refractivity contribution in [3.63, 3.8) is 0 Å². The molecule has 2 amide bonds. The minimum absolute atomic E-state index is 0.271. The van der Waals surface area contributed by atoms with E-state index >= 15 is 0 Å². The lowest BCUT2D eigenvalue weighted by Crippen LogP contribution is -2.18. The molecule has 0 spiro atoms. The van der Waals surface area contributed by atoms with Crippen LogP contribution >= 0.6 is 23.2 Å². The molecule has 0 aliphatic heterocycles. The third-order valence-electron chi connectivity index (χ3n) is 4.51. The summed E-state index contributed by atoms with van der Waals surface area (Å²) in [4.78, 5) is 26.3. The topological polar surface area (TPSA) is 81.7 Å². The molecular weight excluding hydrogens is 437 g/mol. The van der Waals surface area contributed by atoms with E-state index in [1.54, 1.807) is 41.9 Å². The summed E-state index contributed by atoms with van der Waals surface area (Å²) in [6.45, 7) is 0.670. The van der Waals surface area contributed by atoms with Crippen molar-refractivity contribution in [2.24, 2.45) is 0 Å². The lowest BCUT2D eigenvalue weighted by molar-refractivity contribution is 0.0706. The molecule has 3 rings (SSSR count). The van der Waals surface area contributed by atoms with Gasteiger partial charge in [0, 0.05) is 22.8 Å². The SMILES string of the molecule is CN(C)Cc1cc(NC(=O)c2ccc(Cl)cc2Cl)cc(-c2ccc(C(=O)NO)cc2)c1. The summed E-state index contributed by atoms with van der Waals surface area (Å²) in [6, 6.07) is 17.3. The van der Waals surface area contributed by atoms with Crippen LogP contribution in [-0.4, -0.2) is 36.0 Å². The summed E-state index contributed by atoms with van der Waals surface area (Å²) < 4.78 is 0. The third kappa shape index (κ3) is 5.83. The number of nitrogens with zero attached hydrogens (tertiary/aromatic N) is 1. The molecule has 0 aliphatic carbocycles. The van der Waals surface area contributed by atoms with Crippen LogP contribution in [0.3, 0.4) is 0 Å². The maximum Gasteiger partial charge on any atom is 0.274 e. The van der Waals surface area contributed by atoms with Crippen LogP contribution in [0.1, 0.15) is 26.3 Å². The number of halogens is 2. The first-order valence-corrected chi connectivity index (χ1v) is 10.1. The summed E-state index contributed by atoms with van der Waals surface area (Å²) in [5.74, 6) is -0.926. The maximum atomic E-state index is 12.8. The van der Waals surface area contributed by atoms with Gasteiger partial charge in [-0.05, 0) is 79.3 Å². The van der Waals surface area contributed by atoms with E-state index in [2.05, 4.69) is 5.32 Å². The van der Waals surface area contributed by atoms with Crippen LogP contribution in [0.4, 0.5) is 5.69 Å². The molecule has 8 heteroatoms. The van der Waals surface area contributed by atoms with Crippen LogP contribution in [-0.2, 0) is 6.54 Å². The number of hydrogen-bond acceptors (Lipinski definition) is 4. The average Bonchev–Trinajstić information content (AvgIpc) is 2.72. The van der Waals surface area contributed by atoms with Crippen molar-refractivity contribution < 1.29 is 14.8 Å². The molecule has 0 heterocycles. The van der Waals surface area contributed by atoms with Gasteiger partial charge in [-0.2, -0.15) is 0 Å². The Bertz CT molecular complexity index is 1120. The molecule has 6 nitrogen and oxygen atoms in total. The smallest absolute Gasteiger partial charge is 0.274 e. The fourth-order valence-electron chi connectivity index (χ4n) is 3.14. The molecule has 3 aromatic carbocycles. The van der Waals surface area contributed by atoms with Gasteiger partial charge in [-0.15, -0.1) is 0 Å². The molecule has 3 aromatic rings. The van der Waals surface area contributed by atoms with Crippen LogP contribution in [0.5, 0.6) is 0 Å². The predicted octanol–water partition coefficient (Wildman–Crippen LogP) is 5.09. The van der Waals surface area contributed by atoms with Crippen molar-refractivity contribution in [3.8, 4) is 11.1 Å². The van der Waals surface area contributed by atoms with Gasteiger partial charge in [0.15, 0.2) is 0 Å². The molecule has 0 aromatic heterocycles. The van der Waals surface area contributed by atoms with Crippen molar-refractivity contribution in [1.29, 1.82) is 0 Å². The minimum atomic E-state index is -0.583. The number of hydrogen-bond donors (Lipinski definition) is 3. The lowest BCUT2D eigenvalue weighted by atomic mass is 10.00. The predicted molar refractivity (Wildman–Crippen MR) is 123 cm³/mol. The van der Waals surface area contributed by atoms with Gasteiger partial charge in [-0.25, -0.2) is 5.48 Å². The summed E-state index contributed by atoms with van der Waals surface area (Å²) in [7, 11) is 3.92. The normalized spacial score (nSPS) is 10.8. The molecule has 3 N–H and O–H groups in total. The van der Waals surface area contributed by atoms with Gasteiger partial charge in [0.25, 0.3) is 11.8 Å². The average molecular weight is 458 g/mol. The van der Waals surface area contributed by atoms with Gasteiger partial charge in [0.2, 0.25) is 0 Å². The van der Waals surface area contributed by atoms with Crippen LogP contribution < -0.4 is 10.8 Å². The standard InChI is InChI=1S/C23H21Cl2N3O3/c1-28(2)13-14-9-17(15-3-5-16(6-4-15)22(29)27-31)11-19(10-14)26-23(30)20-8-7-18(24)12-21(20)25/h3-12,31H,13H2,1-2H3,(H,26,30)(H,27,29). The zero-order chi connectivity index (χ0) is 22.5. The number of nitrogens with one attached hydrogen (secondary N) is 2. The van der Waals surface area contributed by atoms with Gasteiger partial charge >= 0.3 is 0 Å². The third-order valence-corrected chi connectivity index (χ3v) is 5.06. The maximum absolute atomic E-state index is 12.8. The van der Waals surface area contributed by atoms with Crippen LogP contribution in [0.15, 0.2) is 60.7 Å². The first kappa shape index (κ1) is 22.8. The van der Waals surface area contributed by atoms with E-state index < -0.39 is 5.91 Å². The van der Waals surface area contributed by atoms with E-state index in [0.717, 1.165) is 16.7 Å². The minimum Gasteiger partial charge on any atom is -0.322 e. The molecule has 0 saturated carbocycles. The number of carbonyl (C=O) groups is 2. The number of anilines is 1. The lowest BCUT2D eigenvalue weighted by Gasteiger charge is -2.15. The van der Waals surface area contributed by atoms with Crippen LogP contribution in [0, 0.1) is 0 Å². The van der Waals surface area contributed by atoms with Crippen molar-refractivity contribution in [2.45, 2.75) is 6.54 Å². The zero-order valence-electron chi connectivity index (χ0n) is 16.9.